The highest BCUT2D eigenvalue weighted by molar-refractivity contribution is 6.41. The minimum Gasteiger partial charge on any atom is -0.495 e. The number of fused-ring (bicyclic) bond motifs is 1. The minimum absolute atomic E-state index is 0.0268. The van der Waals surface area contributed by atoms with Gasteiger partial charge in [0.25, 0.3) is 0 Å². The first-order valence-electron chi connectivity index (χ1n) is 10.3. The maximum absolute atomic E-state index is 10.4. The highest BCUT2D eigenvalue weighted by Crippen LogP contribution is 2.46. The Morgan fingerprint density at radius 2 is 1.71 bits per heavy atom. The van der Waals surface area contributed by atoms with Crippen LogP contribution in [-0.4, -0.2) is 41.4 Å². The fourth-order valence-corrected chi connectivity index (χ4v) is 4.74. The molecule has 1 aromatic heterocycles. The van der Waals surface area contributed by atoms with E-state index in [0.29, 0.717) is 33.1 Å². The molecule has 2 aromatic carbocycles. The summed E-state index contributed by atoms with van der Waals surface area (Å²) in [5.41, 5.74) is 2.22. The molecular formula is C23H25Cl2N3O3. The van der Waals surface area contributed by atoms with E-state index >= 15 is 0 Å². The van der Waals surface area contributed by atoms with Crippen LogP contribution in [0.3, 0.4) is 0 Å². The normalized spacial score (nSPS) is 19.1. The Hall–Kier alpha value is -2.28. The summed E-state index contributed by atoms with van der Waals surface area (Å²) < 4.78 is 10.7. The number of aliphatic hydroxyl groups is 1. The van der Waals surface area contributed by atoms with Gasteiger partial charge in [-0.2, -0.15) is 0 Å². The first-order chi connectivity index (χ1) is 15.0. The van der Waals surface area contributed by atoms with E-state index < -0.39 is 0 Å². The van der Waals surface area contributed by atoms with E-state index in [9.17, 15) is 5.11 Å². The molecule has 164 valence electrons. The van der Waals surface area contributed by atoms with E-state index in [1.807, 2.05) is 18.2 Å². The lowest BCUT2D eigenvalue weighted by Gasteiger charge is -2.21. The van der Waals surface area contributed by atoms with E-state index in [-0.39, 0.29) is 12.1 Å². The van der Waals surface area contributed by atoms with Crippen molar-refractivity contribution in [2.45, 2.75) is 44.2 Å². The minimum atomic E-state index is -0.378. The molecule has 4 rings (SSSR count). The third-order valence-electron chi connectivity index (χ3n) is 5.74. The van der Waals surface area contributed by atoms with Gasteiger partial charge in [-0.15, -0.1) is 0 Å². The molecule has 6 nitrogen and oxygen atoms in total. The summed E-state index contributed by atoms with van der Waals surface area (Å²) in [7, 11) is 3.10. The zero-order chi connectivity index (χ0) is 22.0. The number of anilines is 1. The largest absolute Gasteiger partial charge is 0.495 e. The van der Waals surface area contributed by atoms with Gasteiger partial charge in [0.1, 0.15) is 11.5 Å². The number of nitrogens with zero attached hydrogens (tertiary/aromatic N) is 2. The number of nitrogens with one attached hydrogen (secondary N) is 1. The second kappa shape index (κ2) is 9.47. The second-order valence-electron chi connectivity index (χ2n) is 7.71. The molecule has 2 unspecified atom stereocenters. The summed E-state index contributed by atoms with van der Waals surface area (Å²) in [6.45, 7) is 0. The van der Waals surface area contributed by atoms with Crippen molar-refractivity contribution in [1.82, 2.24) is 9.97 Å². The number of hydrogen-bond acceptors (Lipinski definition) is 6. The molecule has 0 amide bonds. The number of hydrogen-bond donors (Lipinski definition) is 2. The van der Waals surface area contributed by atoms with E-state index in [4.69, 9.17) is 32.7 Å². The molecule has 0 spiro atoms. The van der Waals surface area contributed by atoms with Crippen LogP contribution in [0.25, 0.3) is 22.0 Å². The van der Waals surface area contributed by atoms with Crippen LogP contribution in [0.1, 0.15) is 32.1 Å². The van der Waals surface area contributed by atoms with E-state index in [1.54, 1.807) is 26.5 Å². The SMILES string of the molecule is COc1cc(OC)c(Cl)c(-c2ccc3nc(NC4CCCCCC4O)ncc3c2)c1Cl. The predicted octanol–water partition coefficient (Wildman–Crippen LogP) is 5.73. The summed E-state index contributed by atoms with van der Waals surface area (Å²) >= 11 is 13.1. The van der Waals surface area contributed by atoms with Crippen molar-refractivity contribution in [2.24, 2.45) is 0 Å². The van der Waals surface area contributed by atoms with Crippen molar-refractivity contribution in [2.75, 3.05) is 19.5 Å². The number of aromatic nitrogens is 2. The van der Waals surface area contributed by atoms with Crippen molar-refractivity contribution in [3.8, 4) is 22.6 Å². The van der Waals surface area contributed by atoms with Crippen molar-refractivity contribution in [1.29, 1.82) is 0 Å². The molecule has 1 aliphatic rings. The first-order valence-corrected chi connectivity index (χ1v) is 11.1. The van der Waals surface area contributed by atoms with Crippen molar-refractivity contribution in [3.63, 3.8) is 0 Å². The topological polar surface area (TPSA) is 76.5 Å². The number of halogens is 2. The van der Waals surface area contributed by atoms with Gasteiger partial charge in [0.05, 0.1) is 41.9 Å². The Bertz CT molecular complexity index is 1070. The average Bonchev–Trinajstić information content (AvgIpc) is 2.98. The van der Waals surface area contributed by atoms with Crippen LogP contribution < -0.4 is 14.8 Å². The van der Waals surface area contributed by atoms with Gasteiger partial charge < -0.3 is 19.9 Å². The summed E-state index contributed by atoms with van der Waals surface area (Å²) in [5.74, 6) is 1.48. The molecule has 0 saturated heterocycles. The van der Waals surface area contributed by atoms with Gasteiger partial charge in [0, 0.05) is 23.2 Å². The lowest BCUT2D eigenvalue weighted by atomic mass is 10.0. The van der Waals surface area contributed by atoms with Gasteiger partial charge >= 0.3 is 0 Å². The van der Waals surface area contributed by atoms with Crippen LogP contribution >= 0.6 is 23.2 Å². The standard InChI is InChI=1S/C23H25Cl2N3O3/c1-30-18-11-19(31-2)22(25)20(21(18)24)13-8-9-15-14(10-13)12-26-23(27-15)28-16-6-4-3-5-7-17(16)29/h8-12,16-17,29H,3-7H2,1-2H3,(H,26,27,28). The van der Waals surface area contributed by atoms with Crippen LogP contribution in [0.2, 0.25) is 10.0 Å². The highest BCUT2D eigenvalue weighted by Gasteiger charge is 2.22. The number of benzene rings is 2. The van der Waals surface area contributed by atoms with Gasteiger partial charge in [0.2, 0.25) is 5.95 Å². The van der Waals surface area contributed by atoms with Gasteiger partial charge in [-0.25, -0.2) is 9.97 Å². The summed E-state index contributed by atoms with van der Waals surface area (Å²) in [6, 6.07) is 7.38. The number of ether oxygens (including phenoxy) is 2. The number of aliphatic hydroxyl groups excluding tert-OH is 1. The lowest BCUT2D eigenvalue weighted by molar-refractivity contribution is 0.144. The zero-order valence-corrected chi connectivity index (χ0v) is 19.0. The number of rotatable bonds is 5. The average molecular weight is 462 g/mol. The molecule has 0 bridgehead atoms. The van der Waals surface area contributed by atoms with Crippen molar-refractivity contribution < 1.29 is 14.6 Å². The van der Waals surface area contributed by atoms with E-state index in [2.05, 4.69) is 15.3 Å². The first kappa shape index (κ1) is 21.9. The molecule has 1 saturated carbocycles. The fourth-order valence-electron chi connectivity index (χ4n) is 4.02. The fraction of sp³-hybridized carbons (Fsp3) is 0.391. The molecular weight excluding hydrogens is 437 g/mol. The molecule has 1 fully saturated rings. The van der Waals surface area contributed by atoms with Crippen LogP contribution in [0, 0.1) is 0 Å². The molecule has 1 aliphatic carbocycles. The molecule has 1 heterocycles. The maximum Gasteiger partial charge on any atom is 0.223 e. The van der Waals surface area contributed by atoms with Crippen LogP contribution in [0.15, 0.2) is 30.5 Å². The van der Waals surface area contributed by atoms with Crippen LogP contribution in [0.4, 0.5) is 5.95 Å². The molecule has 2 atom stereocenters. The van der Waals surface area contributed by atoms with Crippen LogP contribution in [-0.2, 0) is 0 Å². The molecule has 0 aliphatic heterocycles. The molecule has 0 radical (unpaired) electrons. The number of methoxy groups -OCH3 is 2. The quantitative estimate of drug-likeness (QED) is 0.472. The smallest absolute Gasteiger partial charge is 0.223 e. The van der Waals surface area contributed by atoms with Gasteiger partial charge in [0.15, 0.2) is 0 Å². The summed E-state index contributed by atoms with van der Waals surface area (Å²) in [6.07, 6.45) is 6.40. The van der Waals surface area contributed by atoms with Gasteiger partial charge in [-0.3, -0.25) is 0 Å². The third-order valence-corrected chi connectivity index (χ3v) is 6.49. The van der Waals surface area contributed by atoms with Gasteiger partial charge in [-0.1, -0.05) is 48.5 Å². The maximum atomic E-state index is 10.4. The zero-order valence-electron chi connectivity index (χ0n) is 17.5. The molecule has 2 N–H and O–H groups in total. The lowest BCUT2D eigenvalue weighted by Crippen LogP contribution is -2.33. The van der Waals surface area contributed by atoms with Crippen molar-refractivity contribution >= 4 is 40.1 Å². The van der Waals surface area contributed by atoms with E-state index in [1.165, 1.54) is 0 Å². The highest BCUT2D eigenvalue weighted by atomic mass is 35.5. The monoisotopic (exact) mass is 461 g/mol. The molecule has 3 aromatic rings. The Morgan fingerprint density at radius 1 is 1.00 bits per heavy atom. The Morgan fingerprint density at radius 3 is 2.42 bits per heavy atom. The Labute approximate surface area is 191 Å². The van der Waals surface area contributed by atoms with Crippen LogP contribution in [0.5, 0.6) is 11.5 Å². The van der Waals surface area contributed by atoms with Gasteiger partial charge in [-0.05, 0) is 30.5 Å². The van der Waals surface area contributed by atoms with Crippen molar-refractivity contribution in [3.05, 3.63) is 40.5 Å². The van der Waals surface area contributed by atoms with E-state index in [0.717, 1.165) is 48.6 Å². The summed E-state index contributed by atoms with van der Waals surface area (Å²) in [5, 5.41) is 15.3. The Kier molecular flexibility index (Phi) is 6.70. The summed E-state index contributed by atoms with van der Waals surface area (Å²) in [4.78, 5) is 9.10. The second-order valence-corrected chi connectivity index (χ2v) is 8.46. The predicted molar refractivity (Wildman–Crippen MR) is 125 cm³/mol. The third kappa shape index (κ3) is 4.52. The molecule has 31 heavy (non-hydrogen) atoms. The Balaban J connectivity index is 1.68. The molecule has 8 heteroatoms.